The molecule has 1 saturated heterocycles. The van der Waals surface area contributed by atoms with Crippen LogP contribution < -0.4 is 21.1 Å². The second-order valence-electron chi connectivity index (χ2n) is 8.98. The molecule has 2 heterocycles. The number of anilines is 3. The summed E-state index contributed by atoms with van der Waals surface area (Å²) in [6.07, 6.45) is 3.43. The van der Waals surface area contributed by atoms with Crippen molar-refractivity contribution in [3.8, 4) is 5.75 Å². The van der Waals surface area contributed by atoms with Crippen molar-refractivity contribution in [2.75, 3.05) is 43.5 Å². The van der Waals surface area contributed by atoms with Crippen molar-refractivity contribution >= 4 is 29.0 Å². The number of hydrogen-bond donors (Lipinski definition) is 3. The molecule has 36 heavy (non-hydrogen) atoms. The molecule has 0 bridgehead atoms. The van der Waals surface area contributed by atoms with E-state index >= 15 is 0 Å². The fraction of sp³-hybridized carbons (Fsp3) is 0.296. The van der Waals surface area contributed by atoms with Gasteiger partial charge in [0, 0.05) is 31.0 Å². The maximum atomic E-state index is 12.3. The lowest BCUT2D eigenvalue weighted by atomic mass is 10.0. The van der Waals surface area contributed by atoms with Crippen molar-refractivity contribution in [3.05, 3.63) is 78.0 Å². The molecule has 2 amide bonds. The summed E-state index contributed by atoms with van der Waals surface area (Å²) in [5, 5.41) is 6.79. The van der Waals surface area contributed by atoms with E-state index in [1.807, 2.05) is 30.3 Å². The summed E-state index contributed by atoms with van der Waals surface area (Å²) in [5.74, 6) is 0.583. The molecule has 2 aromatic carbocycles. The number of nitrogens with two attached hydrogens (primary N) is 1. The second-order valence-corrected chi connectivity index (χ2v) is 8.98. The van der Waals surface area contributed by atoms with Gasteiger partial charge in [0.2, 0.25) is 0 Å². The molecule has 9 nitrogen and oxygen atoms in total. The fourth-order valence-electron chi connectivity index (χ4n) is 4.28. The zero-order valence-electron chi connectivity index (χ0n) is 19.9. The summed E-state index contributed by atoms with van der Waals surface area (Å²) < 4.78 is 10.9. The summed E-state index contributed by atoms with van der Waals surface area (Å²) in [6.45, 7) is 2.29. The smallest absolute Gasteiger partial charge is 0.260 e. The number of pyridine rings is 1. The van der Waals surface area contributed by atoms with Gasteiger partial charge in [0.25, 0.3) is 11.8 Å². The van der Waals surface area contributed by atoms with Crippen LogP contribution in [-0.4, -0.2) is 54.6 Å². The quantitative estimate of drug-likeness (QED) is 0.424. The minimum atomic E-state index is -0.534. The molecule has 2 fully saturated rings. The third kappa shape index (κ3) is 5.41. The van der Waals surface area contributed by atoms with Crippen molar-refractivity contribution in [3.63, 3.8) is 0 Å². The molecule has 186 valence electrons. The number of nitrogens with zero attached hydrogens (tertiary/aromatic N) is 2. The van der Waals surface area contributed by atoms with E-state index in [2.05, 4.69) is 27.8 Å². The molecule has 1 aromatic heterocycles. The van der Waals surface area contributed by atoms with Gasteiger partial charge in [-0.05, 0) is 42.7 Å². The number of morpholine rings is 1. The van der Waals surface area contributed by atoms with Gasteiger partial charge in [-0.2, -0.15) is 0 Å². The molecule has 2 aliphatic rings. The third-order valence-corrected chi connectivity index (χ3v) is 6.47. The summed E-state index contributed by atoms with van der Waals surface area (Å²) in [5.41, 5.74) is 8.37. The highest BCUT2D eigenvalue weighted by Crippen LogP contribution is 2.48. The number of carbonyl (C=O) groups excluding carboxylic acids is 2. The molecule has 0 spiro atoms. The lowest BCUT2D eigenvalue weighted by Crippen LogP contribution is -2.42. The number of hydrogen-bond acceptors (Lipinski definition) is 7. The average molecular weight is 488 g/mol. The van der Waals surface area contributed by atoms with Crippen molar-refractivity contribution in [2.45, 2.75) is 18.4 Å². The normalized spacial score (nSPS) is 16.2. The monoisotopic (exact) mass is 487 g/mol. The number of ether oxygens (including phenoxy) is 2. The largest absolute Gasteiger partial charge is 0.484 e. The SMILES string of the molecule is NC(=O)c1cnc(Nc2ccc(OCC(=O)N3CCOCC3)cc2)cc1NC1(c2ccccc2)CC1. The molecule has 4 N–H and O–H groups in total. The van der Waals surface area contributed by atoms with E-state index in [0.717, 1.165) is 18.5 Å². The van der Waals surface area contributed by atoms with Crippen molar-refractivity contribution in [1.82, 2.24) is 9.88 Å². The van der Waals surface area contributed by atoms with E-state index in [-0.39, 0.29) is 18.1 Å². The van der Waals surface area contributed by atoms with Gasteiger partial charge in [0.15, 0.2) is 6.61 Å². The molecule has 0 radical (unpaired) electrons. The van der Waals surface area contributed by atoms with Crippen molar-refractivity contribution in [2.24, 2.45) is 5.73 Å². The van der Waals surface area contributed by atoms with E-state index in [1.165, 1.54) is 11.8 Å². The van der Waals surface area contributed by atoms with Gasteiger partial charge in [0.05, 0.1) is 30.0 Å². The van der Waals surface area contributed by atoms with Crippen LogP contribution in [0.1, 0.15) is 28.8 Å². The lowest BCUT2D eigenvalue weighted by molar-refractivity contribution is -0.137. The highest BCUT2D eigenvalue weighted by Gasteiger charge is 2.44. The molecule has 1 saturated carbocycles. The first-order valence-electron chi connectivity index (χ1n) is 12.0. The van der Waals surface area contributed by atoms with E-state index in [0.29, 0.717) is 49.1 Å². The first-order chi connectivity index (χ1) is 17.5. The molecule has 5 rings (SSSR count). The van der Waals surface area contributed by atoms with Crippen LogP contribution in [0.25, 0.3) is 0 Å². The standard InChI is InChI=1S/C27H29N5O4/c28-26(34)22-17-29-24(16-23(22)31-27(10-11-27)19-4-2-1-3-5-19)30-20-6-8-21(9-7-20)36-18-25(33)32-12-14-35-15-13-32/h1-9,16-17H,10-15,18H2,(H2,28,34)(H2,29,30,31). The number of benzene rings is 2. The van der Waals surface area contributed by atoms with E-state index < -0.39 is 5.91 Å². The van der Waals surface area contributed by atoms with Crippen LogP contribution in [-0.2, 0) is 15.1 Å². The fourth-order valence-corrected chi connectivity index (χ4v) is 4.28. The molecular weight excluding hydrogens is 458 g/mol. The maximum Gasteiger partial charge on any atom is 0.260 e. The Morgan fingerprint density at radius 1 is 1.06 bits per heavy atom. The summed E-state index contributed by atoms with van der Waals surface area (Å²) in [6, 6.07) is 19.3. The Balaban J connectivity index is 1.24. The second kappa shape index (κ2) is 10.2. The summed E-state index contributed by atoms with van der Waals surface area (Å²) >= 11 is 0. The van der Waals surface area contributed by atoms with Crippen LogP contribution >= 0.6 is 0 Å². The molecular formula is C27H29N5O4. The first kappa shape index (κ1) is 23.6. The van der Waals surface area contributed by atoms with Gasteiger partial charge in [0.1, 0.15) is 11.6 Å². The predicted molar refractivity (Wildman–Crippen MR) is 136 cm³/mol. The van der Waals surface area contributed by atoms with Gasteiger partial charge < -0.3 is 30.7 Å². The van der Waals surface area contributed by atoms with Crippen LogP contribution in [0.5, 0.6) is 5.75 Å². The highest BCUT2D eigenvalue weighted by atomic mass is 16.5. The van der Waals surface area contributed by atoms with Gasteiger partial charge in [-0.1, -0.05) is 30.3 Å². The Kier molecular flexibility index (Phi) is 6.73. The zero-order valence-corrected chi connectivity index (χ0v) is 19.9. The topological polar surface area (TPSA) is 119 Å². The number of carbonyl (C=O) groups is 2. The van der Waals surface area contributed by atoms with Gasteiger partial charge >= 0.3 is 0 Å². The maximum absolute atomic E-state index is 12.3. The average Bonchev–Trinajstić information content (AvgIpc) is 3.69. The summed E-state index contributed by atoms with van der Waals surface area (Å²) in [4.78, 5) is 30.4. The minimum absolute atomic E-state index is 0.0128. The Labute approximate surface area is 209 Å². The third-order valence-electron chi connectivity index (χ3n) is 6.47. The molecule has 1 aliphatic heterocycles. The molecule has 3 aromatic rings. The lowest BCUT2D eigenvalue weighted by Gasteiger charge is -2.26. The van der Waals surface area contributed by atoms with Gasteiger partial charge in [-0.25, -0.2) is 4.98 Å². The molecule has 0 unspecified atom stereocenters. The number of nitrogens with one attached hydrogen (secondary N) is 2. The van der Waals surface area contributed by atoms with Crippen molar-refractivity contribution in [1.29, 1.82) is 0 Å². The number of amides is 2. The van der Waals surface area contributed by atoms with Crippen LogP contribution in [0.2, 0.25) is 0 Å². The van der Waals surface area contributed by atoms with E-state index in [4.69, 9.17) is 15.2 Å². The van der Waals surface area contributed by atoms with Crippen LogP contribution in [0.3, 0.4) is 0 Å². The van der Waals surface area contributed by atoms with Crippen LogP contribution in [0.4, 0.5) is 17.2 Å². The first-order valence-corrected chi connectivity index (χ1v) is 12.0. The van der Waals surface area contributed by atoms with E-state index in [9.17, 15) is 9.59 Å². The van der Waals surface area contributed by atoms with Crippen LogP contribution in [0.15, 0.2) is 66.9 Å². The molecule has 9 heteroatoms. The Morgan fingerprint density at radius 2 is 1.78 bits per heavy atom. The summed E-state index contributed by atoms with van der Waals surface area (Å²) in [7, 11) is 0. The predicted octanol–water partition coefficient (Wildman–Crippen LogP) is 3.26. The molecule has 0 atom stereocenters. The number of primary amides is 1. The Hall–Kier alpha value is -4.11. The zero-order chi connectivity index (χ0) is 25.0. The Bertz CT molecular complexity index is 1220. The number of aromatic nitrogens is 1. The van der Waals surface area contributed by atoms with Crippen LogP contribution in [0, 0.1) is 0 Å². The van der Waals surface area contributed by atoms with E-state index in [1.54, 1.807) is 23.1 Å². The number of rotatable bonds is 9. The van der Waals surface area contributed by atoms with Gasteiger partial charge in [-0.3, -0.25) is 9.59 Å². The molecule has 1 aliphatic carbocycles. The Morgan fingerprint density at radius 3 is 2.44 bits per heavy atom. The highest BCUT2D eigenvalue weighted by molar-refractivity contribution is 5.99. The van der Waals surface area contributed by atoms with Gasteiger partial charge in [-0.15, -0.1) is 0 Å². The van der Waals surface area contributed by atoms with Crippen molar-refractivity contribution < 1.29 is 19.1 Å². The minimum Gasteiger partial charge on any atom is -0.484 e.